The predicted molar refractivity (Wildman–Crippen MR) is 113 cm³/mol. The van der Waals surface area contributed by atoms with Gasteiger partial charge in [0, 0.05) is 50.9 Å². The van der Waals surface area contributed by atoms with E-state index in [1.54, 1.807) is 42.1 Å². The van der Waals surface area contributed by atoms with Crippen LogP contribution in [0.1, 0.15) is 34.3 Å². The average Bonchev–Trinajstić information content (AvgIpc) is 3.18. The molecule has 150 valence electrons. The highest BCUT2D eigenvalue weighted by Gasteiger charge is 2.21. The molecule has 1 fully saturated rings. The summed E-state index contributed by atoms with van der Waals surface area (Å²) in [6.45, 7) is 1.22. The fourth-order valence-electron chi connectivity index (χ4n) is 3.24. The second-order valence-electron chi connectivity index (χ2n) is 7.04. The Morgan fingerprint density at radius 3 is 2.38 bits per heavy atom. The molecule has 1 aliphatic rings. The second kappa shape index (κ2) is 9.19. The minimum absolute atomic E-state index is 0.112. The molecule has 1 N–H and O–H groups in total. The number of hydrogen-bond donors (Lipinski definition) is 1. The van der Waals surface area contributed by atoms with E-state index >= 15 is 0 Å². The molecule has 1 aliphatic heterocycles. The van der Waals surface area contributed by atoms with Gasteiger partial charge in [0.15, 0.2) is 0 Å². The van der Waals surface area contributed by atoms with Crippen LogP contribution >= 0.6 is 0 Å². The highest BCUT2D eigenvalue weighted by molar-refractivity contribution is 5.96. The van der Waals surface area contributed by atoms with Crippen LogP contribution in [-0.4, -0.2) is 43.3 Å². The van der Waals surface area contributed by atoms with Crippen LogP contribution in [0.15, 0.2) is 54.6 Å². The van der Waals surface area contributed by atoms with Crippen molar-refractivity contribution in [3.63, 3.8) is 0 Å². The van der Waals surface area contributed by atoms with E-state index in [0.717, 1.165) is 29.8 Å². The summed E-state index contributed by atoms with van der Waals surface area (Å²) < 4.78 is 0. The van der Waals surface area contributed by atoms with Crippen LogP contribution < -0.4 is 10.2 Å². The minimum Gasteiger partial charge on any atom is -0.355 e. The summed E-state index contributed by atoms with van der Waals surface area (Å²) in [5.41, 5.74) is 3.33. The Hall–Kier alpha value is -3.41. The van der Waals surface area contributed by atoms with Crippen LogP contribution in [0, 0.1) is 0 Å². The molecule has 1 heterocycles. The summed E-state index contributed by atoms with van der Waals surface area (Å²) in [5, 5.41) is 2.58. The minimum atomic E-state index is -0.135. The number of benzene rings is 2. The van der Waals surface area contributed by atoms with Gasteiger partial charge in [-0.3, -0.25) is 14.4 Å². The lowest BCUT2D eigenvalue weighted by Gasteiger charge is -2.16. The summed E-state index contributed by atoms with van der Waals surface area (Å²) in [4.78, 5) is 39.2. The second-order valence-corrected chi connectivity index (χ2v) is 7.04. The molecule has 3 rings (SSSR count). The van der Waals surface area contributed by atoms with E-state index in [9.17, 15) is 14.4 Å². The van der Waals surface area contributed by atoms with Crippen LogP contribution in [0.2, 0.25) is 0 Å². The lowest BCUT2D eigenvalue weighted by Crippen LogP contribution is -2.24. The normalized spacial score (nSPS) is 13.7. The molecule has 6 heteroatoms. The maximum atomic E-state index is 12.4. The first kappa shape index (κ1) is 20.3. The molecule has 0 unspecified atom stereocenters. The van der Waals surface area contributed by atoms with E-state index in [2.05, 4.69) is 5.32 Å². The van der Waals surface area contributed by atoms with Crippen molar-refractivity contribution in [1.29, 1.82) is 0 Å². The number of anilines is 1. The summed E-state index contributed by atoms with van der Waals surface area (Å²) >= 11 is 0. The third-order valence-corrected chi connectivity index (χ3v) is 4.94. The summed E-state index contributed by atoms with van der Waals surface area (Å²) in [6.07, 6.45) is 4.81. The lowest BCUT2D eigenvalue weighted by molar-refractivity contribution is -0.125. The summed E-state index contributed by atoms with van der Waals surface area (Å²) in [5.74, 6) is -0.0864. The van der Waals surface area contributed by atoms with Crippen molar-refractivity contribution in [2.24, 2.45) is 0 Å². The molecule has 2 aromatic rings. The number of carbonyl (C=O) groups is 3. The number of likely N-dealkylation sites (N-methyl/N-ethyl adjacent to an activating group) is 1. The van der Waals surface area contributed by atoms with Gasteiger partial charge in [-0.25, -0.2) is 0 Å². The highest BCUT2D eigenvalue weighted by atomic mass is 16.2. The number of rotatable bonds is 6. The first-order valence-electron chi connectivity index (χ1n) is 9.62. The molecule has 1 saturated heterocycles. The van der Waals surface area contributed by atoms with Gasteiger partial charge in [-0.2, -0.15) is 0 Å². The maximum Gasteiger partial charge on any atom is 0.251 e. The Bertz CT molecular complexity index is 917. The van der Waals surface area contributed by atoms with Crippen molar-refractivity contribution >= 4 is 29.5 Å². The smallest absolute Gasteiger partial charge is 0.251 e. The van der Waals surface area contributed by atoms with E-state index in [-0.39, 0.29) is 17.7 Å². The summed E-state index contributed by atoms with van der Waals surface area (Å²) in [6, 6.07) is 14.8. The first-order chi connectivity index (χ1) is 14.0. The molecular weight excluding hydrogens is 366 g/mol. The first-order valence-corrected chi connectivity index (χ1v) is 9.62. The van der Waals surface area contributed by atoms with Crippen molar-refractivity contribution < 1.29 is 14.4 Å². The Kier molecular flexibility index (Phi) is 6.44. The van der Waals surface area contributed by atoms with Gasteiger partial charge < -0.3 is 15.1 Å². The molecule has 0 bridgehead atoms. The van der Waals surface area contributed by atoms with Gasteiger partial charge in [0.25, 0.3) is 5.91 Å². The molecular formula is C23H25N3O3. The van der Waals surface area contributed by atoms with Crippen molar-refractivity contribution in [1.82, 2.24) is 10.2 Å². The molecule has 29 heavy (non-hydrogen) atoms. The zero-order valence-corrected chi connectivity index (χ0v) is 16.7. The van der Waals surface area contributed by atoms with E-state index in [1.807, 2.05) is 36.4 Å². The van der Waals surface area contributed by atoms with Crippen LogP contribution in [0.5, 0.6) is 0 Å². The van der Waals surface area contributed by atoms with E-state index in [1.165, 1.54) is 6.08 Å². The van der Waals surface area contributed by atoms with Gasteiger partial charge >= 0.3 is 0 Å². The molecule has 0 aromatic heterocycles. The third kappa shape index (κ3) is 5.10. The zero-order chi connectivity index (χ0) is 20.8. The standard InChI is InChI=1S/C23H25N3O3/c1-24-23(29)19-10-5-18(6-11-19)16-25(2)21(27)14-9-17-7-12-20(13-8-17)26-15-3-4-22(26)28/h5-14H,3-4,15-16H2,1-2H3,(H,24,29)/b14-9+. The average molecular weight is 391 g/mol. The molecule has 0 aliphatic carbocycles. The van der Waals surface area contributed by atoms with Crippen LogP contribution in [0.3, 0.4) is 0 Å². The SMILES string of the molecule is CNC(=O)c1ccc(CN(C)C(=O)/C=C/c2ccc(N3CCCC3=O)cc2)cc1. The fourth-order valence-corrected chi connectivity index (χ4v) is 3.24. The van der Waals surface area contributed by atoms with Crippen molar-refractivity contribution in [3.05, 3.63) is 71.3 Å². The molecule has 2 aromatic carbocycles. The van der Waals surface area contributed by atoms with E-state index in [4.69, 9.17) is 0 Å². The quantitative estimate of drug-likeness (QED) is 0.770. The molecule has 0 saturated carbocycles. The van der Waals surface area contributed by atoms with Gasteiger partial charge in [-0.05, 0) is 47.9 Å². The van der Waals surface area contributed by atoms with E-state index < -0.39 is 0 Å². The molecule has 0 radical (unpaired) electrons. The fraction of sp³-hybridized carbons (Fsp3) is 0.261. The van der Waals surface area contributed by atoms with E-state index in [0.29, 0.717) is 18.5 Å². The van der Waals surface area contributed by atoms with Crippen LogP contribution in [-0.2, 0) is 16.1 Å². The molecule has 3 amide bonds. The highest BCUT2D eigenvalue weighted by Crippen LogP contribution is 2.22. The third-order valence-electron chi connectivity index (χ3n) is 4.94. The molecule has 6 nitrogen and oxygen atoms in total. The lowest BCUT2D eigenvalue weighted by atomic mass is 10.1. The predicted octanol–water partition coefficient (Wildman–Crippen LogP) is 2.84. The van der Waals surface area contributed by atoms with Gasteiger partial charge in [-0.1, -0.05) is 24.3 Å². The van der Waals surface area contributed by atoms with Gasteiger partial charge in [0.1, 0.15) is 0 Å². The van der Waals surface area contributed by atoms with Gasteiger partial charge in [-0.15, -0.1) is 0 Å². The Morgan fingerprint density at radius 2 is 1.79 bits per heavy atom. The van der Waals surface area contributed by atoms with Gasteiger partial charge in [0.2, 0.25) is 11.8 Å². The number of hydrogen-bond acceptors (Lipinski definition) is 3. The molecule has 0 spiro atoms. The maximum absolute atomic E-state index is 12.4. The van der Waals surface area contributed by atoms with Crippen molar-refractivity contribution in [2.45, 2.75) is 19.4 Å². The number of carbonyl (C=O) groups excluding carboxylic acids is 3. The Morgan fingerprint density at radius 1 is 1.10 bits per heavy atom. The van der Waals surface area contributed by atoms with Crippen molar-refractivity contribution in [3.8, 4) is 0 Å². The number of amides is 3. The number of nitrogens with one attached hydrogen (secondary N) is 1. The monoisotopic (exact) mass is 391 g/mol. The van der Waals surface area contributed by atoms with Crippen LogP contribution in [0.4, 0.5) is 5.69 Å². The Balaban J connectivity index is 1.56. The van der Waals surface area contributed by atoms with Crippen LogP contribution in [0.25, 0.3) is 6.08 Å². The molecule has 0 atom stereocenters. The Labute approximate surface area is 170 Å². The summed E-state index contributed by atoms with van der Waals surface area (Å²) in [7, 11) is 3.33. The van der Waals surface area contributed by atoms with Crippen molar-refractivity contribution in [2.75, 3.05) is 25.5 Å². The number of nitrogens with zero attached hydrogens (tertiary/aromatic N) is 2. The topological polar surface area (TPSA) is 69.7 Å². The zero-order valence-electron chi connectivity index (χ0n) is 16.7. The largest absolute Gasteiger partial charge is 0.355 e. The van der Waals surface area contributed by atoms with Gasteiger partial charge in [0.05, 0.1) is 0 Å².